The van der Waals surface area contributed by atoms with Crippen LogP contribution in [0.3, 0.4) is 0 Å². The quantitative estimate of drug-likeness (QED) is 0.0270. The summed E-state index contributed by atoms with van der Waals surface area (Å²) in [5, 5.41) is 18.6. The molecule has 0 aromatic carbocycles. The van der Waals surface area contributed by atoms with Crippen molar-refractivity contribution in [2.75, 3.05) is 211 Å². The maximum atomic E-state index is 6.10. The van der Waals surface area contributed by atoms with Gasteiger partial charge in [-0.1, -0.05) is 69.2 Å². The van der Waals surface area contributed by atoms with Crippen LogP contribution >= 0.6 is 0 Å². The van der Waals surface area contributed by atoms with Crippen LogP contribution in [-0.4, -0.2) is 256 Å². The van der Waals surface area contributed by atoms with Gasteiger partial charge in [0.1, 0.15) is 0 Å². The van der Waals surface area contributed by atoms with Gasteiger partial charge < -0.3 is 139 Å². The van der Waals surface area contributed by atoms with E-state index in [1.807, 2.05) is 39.9 Å². The standard InChI is InChI=1S/C15H30N2.C10H24N4.C10H22N2.C6H18N4.C6H16N2.C5H15N3.2C5H14N2.C4H13N3.C4H12N2/c1-10-7-12(3-5-14(10)16)9-13-4-6-15(17)11(2)8-13;11-3-1-5-13-7-9-14(10-8-13)6-2-4-12;1-9(2)4-8(12)5-10(3,6-9)7-11;7-1-3-9-5-6-10-4-2-8;1-6(2)8-5-3-4-7;1-8(5-7)4-2-3-6;1-5(2,3-6)4-7;1-2-5(7)3-4-6;5-1-3-7-4-2-6;1-5-3-4-6-2/h10-15H,3-9,16-17H2,1-2H3;1-12H2;8H,4-7,11-12H2,1-3H3;9-10H,1-8H2;6,8H,3-5,7H2,1-2H3;2-7H2,1H3;3-4,6-7H2,1-2H3;5H,2-4,6-7H2,1H3;7H,1-6H2;5-6H,3-4H2,1-2H3. The van der Waals surface area contributed by atoms with E-state index in [1.165, 1.54) is 90.6 Å². The molecule has 96 heavy (non-hydrogen) atoms. The Kier molecular flexibility index (Phi) is 82.9. The Hall–Kier alpha value is -1.04. The van der Waals surface area contributed by atoms with Gasteiger partial charge in [0.15, 0.2) is 0 Å². The van der Waals surface area contributed by atoms with Crippen LogP contribution in [-0.2, 0) is 0 Å². The smallest absolute Gasteiger partial charge is 0.0452 e. The fourth-order valence-corrected chi connectivity index (χ4v) is 11.4. The summed E-state index contributed by atoms with van der Waals surface area (Å²) >= 11 is 0. The van der Waals surface area contributed by atoms with E-state index in [4.69, 9.17) is 97.5 Å². The third kappa shape index (κ3) is 75.6. The van der Waals surface area contributed by atoms with Crippen LogP contribution in [0.5, 0.6) is 0 Å². The van der Waals surface area contributed by atoms with Crippen LogP contribution in [0.25, 0.3) is 0 Å². The molecule has 1 saturated heterocycles. The van der Waals surface area contributed by atoms with Gasteiger partial charge in [0.05, 0.1) is 0 Å². The molecule has 0 aromatic rings. The van der Waals surface area contributed by atoms with Crippen LogP contribution in [0.4, 0.5) is 0 Å². The molecule has 4 aliphatic rings. The highest BCUT2D eigenvalue weighted by molar-refractivity contribution is 4.93. The summed E-state index contributed by atoms with van der Waals surface area (Å²) < 4.78 is 0. The summed E-state index contributed by atoms with van der Waals surface area (Å²) in [6, 6.07) is 2.20. The third-order valence-electron chi connectivity index (χ3n) is 17.7. The normalized spacial score (nSPS) is 22.6. The zero-order valence-corrected chi connectivity index (χ0v) is 65.7. The molecule has 3 aliphatic carbocycles. The largest absolute Gasteiger partial charge is 0.330 e. The van der Waals surface area contributed by atoms with Gasteiger partial charge in [0, 0.05) is 148 Å². The lowest BCUT2D eigenvalue weighted by atomic mass is 9.63. The number of rotatable bonds is 36. The van der Waals surface area contributed by atoms with E-state index < -0.39 is 0 Å². The fraction of sp³-hybridized carbons (Fsp3) is 1.00. The van der Waals surface area contributed by atoms with E-state index in [2.05, 4.69) is 97.1 Å². The van der Waals surface area contributed by atoms with Crippen molar-refractivity contribution in [3.63, 3.8) is 0 Å². The summed E-state index contributed by atoms with van der Waals surface area (Å²) in [5.74, 6) is 3.35. The Labute approximate surface area is 594 Å². The summed E-state index contributed by atoms with van der Waals surface area (Å²) in [5.41, 5.74) is 93.8. The Bertz CT molecular complexity index is 1410. The number of nitrogens with two attached hydrogens (primary N) is 17. The Morgan fingerprint density at radius 3 is 1.22 bits per heavy atom. The number of hydrogen-bond donors (Lipinski definition) is 23. The SMILES string of the molecule is CC(C)(CN)CN.CC(C)NCCCN.CC1(C)CC(N)CC(C)(CN)C1.CC1CC(CC2CCC(N)C(C)C2)CCC1N.CCC(N)CCN.CN(CN)CCCN.CNCCNC.NCCCN1CCN(CCCN)CC1.NCCNCCN.NCCNCCNCCN. The van der Waals surface area contributed by atoms with Gasteiger partial charge in [0.25, 0.3) is 0 Å². The van der Waals surface area contributed by atoms with E-state index in [9.17, 15) is 0 Å². The van der Waals surface area contributed by atoms with Gasteiger partial charge in [-0.2, -0.15) is 0 Å². The van der Waals surface area contributed by atoms with Crippen molar-refractivity contribution in [3.05, 3.63) is 0 Å². The first kappa shape index (κ1) is 106. The minimum atomic E-state index is 0.139. The molecular weight excluding hydrogens is 1200 g/mol. The maximum absolute atomic E-state index is 6.10. The van der Waals surface area contributed by atoms with E-state index in [0.717, 1.165) is 180 Å². The molecule has 0 radical (unpaired) electrons. The molecule has 0 spiro atoms. The molecule has 4 rings (SSSR count). The highest BCUT2D eigenvalue weighted by atomic mass is 15.3. The van der Waals surface area contributed by atoms with Gasteiger partial charge in [-0.15, -0.1) is 0 Å². The molecular formula is C70H178N26. The molecule has 588 valence electrons. The van der Waals surface area contributed by atoms with Crippen LogP contribution < -0.4 is 129 Å². The number of likely N-dealkylation sites (N-methyl/N-ethyl adjacent to an activating group) is 2. The molecule has 0 aromatic heterocycles. The Morgan fingerprint density at radius 1 is 0.531 bits per heavy atom. The molecule has 40 N–H and O–H groups in total. The summed E-state index contributed by atoms with van der Waals surface area (Å²) in [7, 11) is 5.87. The Balaban J connectivity index is -0.000000239. The zero-order chi connectivity index (χ0) is 74.5. The minimum Gasteiger partial charge on any atom is -0.330 e. The second-order valence-electron chi connectivity index (χ2n) is 29.5. The van der Waals surface area contributed by atoms with Gasteiger partial charge in [-0.25, -0.2) is 0 Å². The van der Waals surface area contributed by atoms with Crippen LogP contribution in [0.1, 0.15) is 172 Å². The van der Waals surface area contributed by atoms with E-state index in [1.54, 1.807) is 0 Å². The highest BCUT2D eigenvalue weighted by Crippen LogP contribution is 2.44. The molecule has 26 nitrogen and oxygen atoms in total. The second-order valence-corrected chi connectivity index (χ2v) is 29.5. The van der Waals surface area contributed by atoms with Gasteiger partial charge in [-0.05, 0) is 236 Å². The first-order valence-corrected chi connectivity index (χ1v) is 38.0. The van der Waals surface area contributed by atoms with E-state index >= 15 is 0 Å². The lowest BCUT2D eigenvalue weighted by molar-refractivity contribution is 0.0904. The molecule has 1 aliphatic heterocycles. The molecule has 9 unspecified atom stereocenters. The van der Waals surface area contributed by atoms with E-state index in [0.29, 0.717) is 81.6 Å². The van der Waals surface area contributed by atoms with Crippen molar-refractivity contribution in [3.8, 4) is 0 Å². The summed E-state index contributed by atoms with van der Waals surface area (Å²) in [4.78, 5) is 7.05. The zero-order valence-electron chi connectivity index (χ0n) is 65.7. The molecule has 0 amide bonds. The van der Waals surface area contributed by atoms with Gasteiger partial charge >= 0.3 is 0 Å². The monoisotopic (exact) mass is 1380 g/mol. The lowest BCUT2D eigenvalue weighted by Crippen LogP contribution is -2.47. The van der Waals surface area contributed by atoms with Crippen molar-refractivity contribution in [1.82, 2.24) is 46.6 Å². The Morgan fingerprint density at radius 2 is 0.938 bits per heavy atom. The van der Waals surface area contributed by atoms with Gasteiger partial charge in [0.2, 0.25) is 0 Å². The van der Waals surface area contributed by atoms with Crippen molar-refractivity contribution in [1.29, 1.82) is 0 Å². The molecule has 1 heterocycles. The summed E-state index contributed by atoms with van der Waals surface area (Å²) in [6.45, 7) is 48.1. The van der Waals surface area contributed by atoms with Crippen molar-refractivity contribution in [2.24, 2.45) is 137 Å². The van der Waals surface area contributed by atoms with Gasteiger partial charge in [-0.3, -0.25) is 4.90 Å². The predicted molar refractivity (Wildman–Crippen MR) is 425 cm³/mol. The van der Waals surface area contributed by atoms with Crippen molar-refractivity contribution >= 4 is 0 Å². The average molecular weight is 1380 g/mol. The van der Waals surface area contributed by atoms with Crippen molar-refractivity contribution in [2.45, 2.75) is 202 Å². The topological polar surface area (TPSA) is 524 Å². The third-order valence-corrected chi connectivity index (χ3v) is 17.7. The first-order valence-electron chi connectivity index (χ1n) is 38.0. The van der Waals surface area contributed by atoms with Crippen molar-refractivity contribution < 1.29 is 0 Å². The fourth-order valence-electron chi connectivity index (χ4n) is 11.4. The average Bonchev–Trinajstić information content (AvgIpc) is 0.843. The number of nitrogens with one attached hydrogen (secondary N) is 6. The molecule has 3 saturated carbocycles. The van der Waals surface area contributed by atoms with Crippen LogP contribution in [0, 0.1) is 39.9 Å². The molecule has 0 bridgehead atoms. The van der Waals surface area contributed by atoms with Crippen LogP contribution in [0.15, 0.2) is 0 Å². The molecule has 26 heteroatoms. The van der Waals surface area contributed by atoms with E-state index in [-0.39, 0.29) is 10.8 Å². The maximum Gasteiger partial charge on any atom is 0.0452 e. The minimum absolute atomic E-state index is 0.139. The first-order chi connectivity index (χ1) is 45.5. The molecule has 4 fully saturated rings. The predicted octanol–water partition coefficient (Wildman–Crippen LogP) is -0.786. The number of hydrogen-bond acceptors (Lipinski definition) is 26. The number of nitrogens with zero attached hydrogens (tertiary/aromatic N) is 3. The second kappa shape index (κ2) is 75.1. The van der Waals surface area contributed by atoms with Crippen LogP contribution in [0.2, 0.25) is 0 Å². The molecule has 9 atom stereocenters. The lowest BCUT2D eigenvalue weighted by Gasteiger charge is -2.45. The highest BCUT2D eigenvalue weighted by Gasteiger charge is 2.39. The summed E-state index contributed by atoms with van der Waals surface area (Å²) in [6.07, 6.45) is 19.2. The number of piperazine rings is 1.